The quantitative estimate of drug-likeness (QED) is 0.636. The zero-order valence-electron chi connectivity index (χ0n) is 10.2. The summed E-state index contributed by atoms with van der Waals surface area (Å²) in [5, 5.41) is 9.06. The highest BCUT2D eigenvalue weighted by atomic mass is 16.2. The fraction of sp³-hybridized carbons (Fsp3) is 0.125. The minimum Gasteiger partial charge on any atom is -0.398 e. The van der Waals surface area contributed by atoms with Gasteiger partial charge in [-0.1, -0.05) is 54.6 Å². The number of anilines is 1. The lowest BCUT2D eigenvalue weighted by atomic mass is 10.0. The van der Waals surface area contributed by atoms with Crippen molar-refractivity contribution in [2.75, 3.05) is 12.3 Å². The Hall–Kier alpha value is -2.06. The van der Waals surface area contributed by atoms with Crippen LogP contribution in [0.5, 0.6) is 0 Å². The van der Waals surface area contributed by atoms with Crippen LogP contribution in [0.15, 0.2) is 48.5 Å². The third kappa shape index (κ3) is 2.99. The molecule has 2 nitrogen and oxygen atoms in total. The third-order valence-corrected chi connectivity index (χ3v) is 2.85. The molecule has 0 aliphatic rings. The van der Waals surface area contributed by atoms with Gasteiger partial charge in [0.1, 0.15) is 0 Å². The van der Waals surface area contributed by atoms with Gasteiger partial charge in [0.15, 0.2) is 0 Å². The third-order valence-electron chi connectivity index (χ3n) is 2.85. The van der Waals surface area contributed by atoms with Crippen LogP contribution in [0.2, 0.25) is 0 Å². The zero-order valence-corrected chi connectivity index (χ0v) is 10.2. The summed E-state index contributed by atoms with van der Waals surface area (Å²) in [6, 6.07) is 15.9. The summed E-state index contributed by atoms with van der Waals surface area (Å²) in [6.07, 6.45) is 4.67. The molecule has 2 aromatic rings. The van der Waals surface area contributed by atoms with E-state index in [4.69, 9.17) is 10.8 Å². The van der Waals surface area contributed by atoms with Crippen LogP contribution >= 0.6 is 0 Å². The van der Waals surface area contributed by atoms with Gasteiger partial charge in [-0.05, 0) is 23.6 Å². The molecule has 2 rings (SSSR count). The van der Waals surface area contributed by atoms with Gasteiger partial charge in [0.05, 0.1) is 0 Å². The molecule has 0 unspecified atom stereocenters. The van der Waals surface area contributed by atoms with E-state index in [2.05, 4.69) is 0 Å². The van der Waals surface area contributed by atoms with Crippen LogP contribution in [0, 0.1) is 0 Å². The Morgan fingerprint density at radius 1 is 0.944 bits per heavy atom. The maximum absolute atomic E-state index is 9.06. The van der Waals surface area contributed by atoms with Crippen LogP contribution in [0.25, 0.3) is 12.2 Å². The van der Waals surface area contributed by atoms with Gasteiger partial charge in [-0.2, -0.15) is 0 Å². The van der Waals surface area contributed by atoms with Crippen LogP contribution in [0.4, 0.5) is 5.69 Å². The fourth-order valence-electron chi connectivity index (χ4n) is 1.92. The van der Waals surface area contributed by atoms with Crippen LogP contribution in [-0.4, -0.2) is 11.7 Å². The summed E-state index contributed by atoms with van der Waals surface area (Å²) in [5.41, 5.74) is 9.93. The predicted octanol–water partition coefficient (Wildman–Crippen LogP) is 2.97. The van der Waals surface area contributed by atoms with Gasteiger partial charge in [-0.3, -0.25) is 0 Å². The van der Waals surface area contributed by atoms with Gasteiger partial charge in [0, 0.05) is 17.9 Å². The summed E-state index contributed by atoms with van der Waals surface area (Å²) in [5.74, 6) is 0. The lowest BCUT2D eigenvalue weighted by molar-refractivity contribution is 0.299. The lowest BCUT2D eigenvalue weighted by Gasteiger charge is -2.07. The molecule has 3 N–H and O–H groups in total. The Kier molecular flexibility index (Phi) is 4.15. The molecular weight excluding hydrogens is 222 g/mol. The molecule has 2 aromatic carbocycles. The van der Waals surface area contributed by atoms with Gasteiger partial charge >= 0.3 is 0 Å². The Morgan fingerprint density at radius 3 is 2.44 bits per heavy atom. The van der Waals surface area contributed by atoms with Crippen LogP contribution < -0.4 is 5.73 Å². The topological polar surface area (TPSA) is 46.2 Å². The smallest absolute Gasteiger partial charge is 0.0471 e. The van der Waals surface area contributed by atoms with E-state index < -0.39 is 0 Å². The molecule has 0 aliphatic heterocycles. The number of benzene rings is 2. The molecule has 0 fully saturated rings. The highest BCUT2D eigenvalue weighted by molar-refractivity contribution is 5.77. The van der Waals surface area contributed by atoms with Crippen molar-refractivity contribution in [3.63, 3.8) is 0 Å². The average molecular weight is 239 g/mol. The molecule has 0 amide bonds. The molecule has 0 aromatic heterocycles. The van der Waals surface area contributed by atoms with Crippen LogP contribution in [0.3, 0.4) is 0 Å². The van der Waals surface area contributed by atoms with Gasteiger partial charge < -0.3 is 10.8 Å². The van der Waals surface area contributed by atoms with E-state index in [9.17, 15) is 0 Å². The second-order valence-corrected chi connectivity index (χ2v) is 4.14. The van der Waals surface area contributed by atoms with Gasteiger partial charge in [-0.25, -0.2) is 0 Å². The molecule has 0 spiro atoms. The molecule has 0 heterocycles. The minimum atomic E-state index is 0.135. The first-order valence-electron chi connectivity index (χ1n) is 6.02. The normalized spacial score (nSPS) is 10.9. The highest BCUT2D eigenvalue weighted by Crippen LogP contribution is 2.20. The Labute approximate surface area is 107 Å². The maximum Gasteiger partial charge on any atom is 0.0471 e. The Balaban J connectivity index is 2.30. The number of hydrogen-bond acceptors (Lipinski definition) is 2. The molecule has 0 aliphatic carbocycles. The van der Waals surface area contributed by atoms with Crippen LogP contribution in [-0.2, 0) is 6.42 Å². The van der Waals surface area contributed by atoms with Crippen molar-refractivity contribution in [3.05, 3.63) is 65.2 Å². The summed E-state index contributed by atoms with van der Waals surface area (Å²) in [7, 11) is 0. The summed E-state index contributed by atoms with van der Waals surface area (Å²) >= 11 is 0. The van der Waals surface area contributed by atoms with E-state index in [1.54, 1.807) is 0 Å². The van der Waals surface area contributed by atoms with Crippen molar-refractivity contribution in [1.82, 2.24) is 0 Å². The first-order valence-corrected chi connectivity index (χ1v) is 6.02. The zero-order chi connectivity index (χ0) is 12.8. The molecule has 0 bridgehead atoms. The summed E-state index contributed by atoms with van der Waals surface area (Å²) in [4.78, 5) is 0. The second kappa shape index (κ2) is 6.03. The van der Waals surface area contributed by atoms with E-state index in [1.165, 1.54) is 0 Å². The van der Waals surface area contributed by atoms with Gasteiger partial charge in [0.25, 0.3) is 0 Å². The molecule has 0 radical (unpaired) electrons. The first-order chi connectivity index (χ1) is 8.81. The Bertz CT molecular complexity index is 532. The lowest BCUT2D eigenvalue weighted by Crippen LogP contribution is -1.98. The monoisotopic (exact) mass is 239 g/mol. The molecule has 0 atom stereocenters. The van der Waals surface area contributed by atoms with Crippen molar-refractivity contribution in [2.24, 2.45) is 0 Å². The standard InChI is InChI=1S/C16H17NO/c17-16-8-4-7-14(11-12-18)15(16)10-9-13-5-2-1-3-6-13/h1-10,18H,11-12,17H2. The highest BCUT2D eigenvalue weighted by Gasteiger charge is 2.02. The molecule has 18 heavy (non-hydrogen) atoms. The van der Waals surface area contributed by atoms with Crippen molar-refractivity contribution in [2.45, 2.75) is 6.42 Å². The summed E-state index contributed by atoms with van der Waals surface area (Å²) < 4.78 is 0. The van der Waals surface area contributed by atoms with Gasteiger partial charge in [0.2, 0.25) is 0 Å². The maximum atomic E-state index is 9.06. The molecule has 0 saturated carbocycles. The van der Waals surface area contributed by atoms with Crippen molar-refractivity contribution < 1.29 is 5.11 Å². The number of aliphatic hydroxyl groups excluding tert-OH is 1. The summed E-state index contributed by atoms with van der Waals surface area (Å²) in [6.45, 7) is 0.135. The van der Waals surface area contributed by atoms with Crippen LogP contribution in [0.1, 0.15) is 16.7 Å². The van der Waals surface area contributed by atoms with E-state index in [-0.39, 0.29) is 6.61 Å². The minimum absolute atomic E-state index is 0.135. The number of rotatable bonds is 4. The predicted molar refractivity (Wildman–Crippen MR) is 77.0 cm³/mol. The van der Waals surface area contributed by atoms with E-state index in [0.717, 1.165) is 22.4 Å². The van der Waals surface area contributed by atoms with E-state index in [1.807, 2.05) is 60.7 Å². The van der Waals surface area contributed by atoms with Crippen molar-refractivity contribution >= 4 is 17.8 Å². The average Bonchev–Trinajstić information content (AvgIpc) is 2.40. The largest absolute Gasteiger partial charge is 0.398 e. The number of aliphatic hydroxyl groups is 1. The molecule has 92 valence electrons. The Morgan fingerprint density at radius 2 is 1.72 bits per heavy atom. The molecule has 2 heteroatoms. The molecule has 0 saturated heterocycles. The number of hydrogen-bond donors (Lipinski definition) is 2. The number of nitrogen functional groups attached to an aromatic ring is 1. The first kappa shape index (κ1) is 12.4. The van der Waals surface area contributed by atoms with Crippen molar-refractivity contribution in [3.8, 4) is 0 Å². The fourth-order valence-corrected chi connectivity index (χ4v) is 1.92. The SMILES string of the molecule is Nc1cccc(CCO)c1C=Cc1ccccc1. The van der Waals surface area contributed by atoms with E-state index >= 15 is 0 Å². The second-order valence-electron chi connectivity index (χ2n) is 4.14. The number of nitrogens with two attached hydrogens (primary N) is 1. The van der Waals surface area contributed by atoms with Crippen molar-refractivity contribution in [1.29, 1.82) is 0 Å². The van der Waals surface area contributed by atoms with Gasteiger partial charge in [-0.15, -0.1) is 0 Å². The van der Waals surface area contributed by atoms with E-state index in [0.29, 0.717) is 6.42 Å². The molecular formula is C16H17NO.